The predicted octanol–water partition coefficient (Wildman–Crippen LogP) is 0.213. The van der Waals surface area contributed by atoms with Gasteiger partial charge in [0.2, 0.25) is 0 Å². The molecule has 1 heterocycles. The van der Waals surface area contributed by atoms with Crippen LogP contribution >= 0.6 is 12.2 Å². The molecule has 7 nitrogen and oxygen atoms in total. The Morgan fingerprint density at radius 2 is 2.44 bits per heavy atom. The topological polar surface area (TPSA) is 96.1 Å². The first-order valence-corrected chi connectivity index (χ1v) is 4.81. The average Bonchev–Trinajstić information content (AvgIpc) is 2.21. The third-order valence-electron chi connectivity index (χ3n) is 1.46. The third kappa shape index (κ3) is 3.65. The van der Waals surface area contributed by atoms with E-state index in [1.165, 1.54) is 12.5 Å². The van der Waals surface area contributed by atoms with E-state index in [-0.39, 0.29) is 23.0 Å². The maximum absolute atomic E-state index is 11.2. The average molecular weight is 242 g/mol. The molecule has 0 atom stereocenters. The van der Waals surface area contributed by atoms with E-state index in [0.717, 1.165) is 0 Å². The zero-order chi connectivity index (χ0) is 12.0. The Morgan fingerprint density at radius 3 is 3.06 bits per heavy atom. The highest BCUT2D eigenvalue weighted by molar-refractivity contribution is 7.80. The van der Waals surface area contributed by atoms with Crippen molar-refractivity contribution in [2.24, 2.45) is 0 Å². The number of nitrogens with one attached hydrogen (secondary N) is 3. The van der Waals surface area contributed by atoms with Gasteiger partial charge in [0, 0.05) is 0 Å². The van der Waals surface area contributed by atoms with Crippen molar-refractivity contribution in [2.45, 2.75) is 6.92 Å². The van der Waals surface area contributed by atoms with Crippen molar-refractivity contribution >= 4 is 29.1 Å². The number of H-pyrrole nitrogens is 1. The van der Waals surface area contributed by atoms with Gasteiger partial charge in [-0.1, -0.05) is 0 Å². The van der Waals surface area contributed by atoms with Gasteiger partial charge in [-0.05, 0) is 19.1 Å². The summed E-state index contributed by atoms with van der Waals surface area (Å²) in [4.78, 5) is 28.2. The number of rotatable bonds is 2. The number of aromatic amines is 1. The number of carbonyl (C=O) groups is 1. The van der Waals surface area contributed by atoms with Crippen molar-refractivity contribution in [3.05, 3.63) is 22.9 Å². The van der Waals surface area contributed by atoms with Crippen LogP contribution in [0.1, 0.15) is 6.92 Å². The summed E-state index contributed by atoms with van der Waals surface area (Å²) in [5, 5.41) is 4.72. The van der Waals surface area contributed by atoms with Crippen LogP contribution in [-0.2, 0) is 4.74 Å². The van der Waals surface area contributed by atoms with Crippen molar-refractivity contribution in [1.29, 1.82) is 0 Å². The lowest BCUT2D eigenvalue weighted by molar-refractivity contribution is 0.158. The van der Waals surface area contributed by atoms with Crippen LogP contribution in [0.4, 0.5) is 10.5 Å². The van der Waals surface area contributed by atoms with Gasteiger partial charge in [0.05, 0.1) is 19.1 Å². The largest absolute Gasteiger partial charge is 0.450 e. The van der Waals surface area contributed by atoms with E-state index in [2.05, 4.69) is 25.3 Å². The summed E-state index contributed by atoms with van der Waals surface area (Å²) in [6.45, 7) is 1.91. The Balaban J connectivity index is 2.56. The lowest BCUT2D eigenvalue weighted by atomic mass is 10.5. The highest BCUT2D eigenvalue weighted by Gasteiger charge is 2.06. The van der Waals surface area contributed by atoms with Crippen LogP contribution in [0.25, 0.3) is 0 Å². The molecule has 0 radical (unpaired) electrons. The maximum atomic E-state index is 11.2. The molecule has 1 aromatic heterocycles. The van der Waals surface area contributed by atoms with E-state index in [9.17, 15) is 9.59 Å². The number of hydrogen-bond acceptors (Lipinski definition) is 5. The van der Waals surface area contributed by atoms with E-state index in [1.807, 2.05) is 0 Å². The Bertz CT molecular complexity index is 445. The molecule has 8 heteroatoms. The van der Waals surface area contributed by atoms with Crippen LogP contribution < -0.4 is 16.2 Å². The summed E-state index contributed by atoms with van der Waals surface area (Å²) in [7, 11) is 0. The number of ether oxygens (including phenoxy) is 1. The Hall–Kier alpha value is -1.96. The summed E-state index contributed by atoms with van der Waals surface area (Å²) >= 11 is 4.78. The van der Waals surface area contributed by atoms with Crippen LogP contribution in [0.3, 0.4) is 0 Å². The fourth-order valence-electron chi connectivity index (χ4n) is 0.847. The molecule has 3 N–H and O–H groups in total. The van der Waals surface area contributed by atoms with Gasteiger partial charge in [-0.3, -0.25) is 10.1 Å². The van der Waals surface area contributed by atoms with Crippen molar-refractivity contribution in [3.8, 4) is 0 Å². The van der Waals surface area contributed by atoms with Gasteiger partial charge in [-0.2, -0.15) is 0 Å². The van der Waals surface area contributed by atoms with Crippen LogP contribution in [0.15, 0.2) is 17.3 Å². The van der Waals surface area contributed by atoms with Gasteiger partial charge in [0.1, 0.15) is 5.69 Å². The third-order valence-corrected chi connectivity index (χ3v) is 1.66. The fraction of sp³-hybridized carbons (Fsp3) is 0.250. The second kappa shape index (κ2) is 5.81. The van der Waals surface area contributed by atoms with Crippen molar-refractivity contribution in [3.63, 3.8) is 0 Å². The molecule has 1 amide bonds. The van der Waals surface area contributed by atoms with Gasteiger partial charge in [0.25, 0.3) is 5.56 Å². The van der Waals surface area contributed by atoms with Crippen molar-refractivity contribution < 1.29 is 9.53 Å². The van der Waals surface area contributed by atoms with E-state index in [0.29, 0.717) is 0 Å². The Labute approximate surface area is 96.2 Å². The molecule has 86 valence electrons. The van der Waals surface area contributed by atoms with Gasteiger partial charge < -0.3 is 15.0 Å². The second-order valence-electron chi connectivity index (χ2n) is 2.59. The standard InChI is InChI=1S/C8H10N4O3S/c1-2-15-8(14)12-7(16)11-5-3-9-4-10-6(5)13/h3-4H,2H2,1H3,(H,9,10,13)(H2,11,12,14,16). The van der Waals surface area contributed by atoms with Crippen LogP contribution in [-0.4, -0.2) is 27.8 Å². The normalized spacial score (nSPS) is 9.31. The van der Waals surface area contributed by atoms with Gasteiger partial charge in [-0.15, -0.1) is 0 Å². The van der Waals surface area contributed by atoms with Crippen LogP contribution in [0.5, 0.6) is 0 Å². The van der Waals surface area contributed by atoms with E-state index in [4.69, 9.17) is 12.2 Å². The van der Waals surface area contributed by atoms with Crippen LogP contribution in [0.2, 0.25) is 0 Å². The van der Waals surface area contributed by atoms with Gasteiger partial charge >= 0.3 is 6.09 Å². The quantitative estimate of drug-likeness (QED) is 0.642. The molecular weight excluding hydrogens is 232 g/mol. The number of thiocarbonyl (C=S) groups is 1. The molecule has 0 fully saturated rings. The second-order valence-corrected chi connectivity index (χ2v) is 3.00. The molecular formula is C8H10N4O3S. The molecule has 0 saturated heterocycles. The molecule has 0 aromatic carbocycles. The number of hydrogen-bond donors (Lipinski definition) is 3. The first kappa shape index (κ1) is 12.1. The first-order valence-electron chi connectivity index (χ1n) is 4.41. The molecule has 0 aliphatic rings. The van der Waals surface area contributed by atoms with Crippen LogP contribution in [0, 0.1) is 0 Å². The molecule has 1 rings (SSSR count). The molecule has 0 saturated carbocycles. The molecule has 1 aromatic rings. The maximum Gasteiger partial charge on any atom is 0.413 e. The predicted molar refractivity (Wildman–Crippen MR) is 61.2 cm³/mol. The zero-order valence-electron chi connectivity index (χ0n) is 8.44. The smallest absolute Gasteiger partial charge is 0.413 e. The molecule has 0 bridgehead atoms. The SMILES string of the molecule is CCOC(=O)NC(=S)Nc1cnc[nH]c1=O. The number of amides is 1. The monoisotopic (exact) mass is 242 g/mol. The first-order chi connectivity index (χ1) is 7.63. The molecule has 0 aliphatic heterocycles. The minimum atomic E-state index is -0.680. The zero-order valence-corrected chi connectivity index (χ0v) is 9.26. The molecule has 0 aliphatic carbocycles. The summed E-state index contributed by atoms with van der Waals surface area (Å²) < 4.78 is 4.60. The van der Waals surface area contributed by atoms with E-state index in [1.54, 1.807) is 6.92 Å². The number of nitrogens with zero attached hydrogens (tertiary/aromatic N) is 1. The number of carbonyl (C=O) groups excluding carboxylic acids is 1. The van der Waals surface area contributed by atoms with E-state index < -0.39 is 6.09 Å². The summed E-state index contributed by atoms with van der Waals surface area (Å²) in [6.07, 6.45) is 1.85. The van der Waals surface area contributed by atoms with Crippen molar-refractivity contribution in [2.75, 3.05) is 11.9 Å². The van der Waals surface area contributed by atoms with E-state index >= 15 is 0 Å². The minimum absolute atomic E-state index is 0.0306. The highest BCUT2D eigenvalue weighted by atomic mass is 32.1. The Morgan fingerprint density at radius 1 is 1.69 bits per heavy atom. The lowest BCUT2D eigenvalue weighted by Gasteiger charge is -2.07. The molecule has 16 heavy (non-hydrogen) atoms. The minimum Gasteiger partial charge on any atom is -0.450 e. The highest BCUT2D eigenvalue weighted by Crippen LogP contribution is 1.93. The summed E-state index contributed by atoms with van der Waals surface area (Å²) in [5.41, 5.74) is -0.243. The summed E-state index contributed by atoms with van der Waals surface area (Å²) in [6, 6.07) is 0. The Kier molecular flexibility index (Phi) is 4.40. The number of anilines is 1. The van der Waals surface area contributed by atoms with Gasteiger partial charge in [-0.25, -0.2) is 9.78 Å². The number of aromatic nitrogens is 2. The van der Waals surface area contributed by atoms with Gasteiger partial charge in [0.15, 0.2) is 5.11 Å². The molecule has 0 unspecified atom stereocenters. The summed E-state index contributed by atoms with van der Waals surface area (Å²) in [5.74, 6) is 0. The van der Waals surface area contributed by atoms with Crippen molar-refractivity contribution in [1.82, 2.24) is 15.3 Å². The molecule has 0 spiro atoms. The fourth-order valence-corrected chi connectivity index (χ4v) is 1.04. The number of alkyl carbamates (subject to hydrolysis) is 1. The lowest BCUT2D eigenvalue weighted by Crippen LogP contribution is -2.36.